The molecular weight excluding hydrogens is 392 g/mol. The lowest BCUT2D eigenvalue weighted by atomic mass is 10.2. The number of ether oxygens (including phenoxy) is 1. The minimum atomic E-state index is -0.579. The zero-order valence-corrected chi connectivity index (χ0v) is 16.5. The number of amides is 2. The molecule has 0 aliphatic rings. The molecule has 0 bridgehead atoms. The van der Waals surface area contributed by atoms with Gasteiger partial charge in [-0.2, -0.15) is 5.10 Å². The van der Waals surface area contributed by atoms with Gasteiger partial charge in [-0.05, 0) is 30.5 Å². The van der Waals surface area contributed by atoms with Crippen LogP contribution in [0.25, 0.3) is 10.9 Å². The maximum Gasteiger partial charge on any atom is 0.308 e. The summed E-state index contributed by atoms with van der Waals surface area (Å²) in [5, 5.41) is 12.8. The van der Waals surface area contributed by atoms with Crippen molar-refractivity contribution in [2.45, 2.75) is 11.3 Å². The molecule has 0 radical (unpaired) electrons. The van der Waals surface area contributed by atoms with Crippen LogP contribution in [0.15, 0.2) is 53.4 Å². The highest BCUT2D eigenvalue weighted by Crippen LogP contribution is 2.19. The normalized spacial score (nSPS) is 10.5. The highest BCUT2D eigenvalue weighted by Gasteiger charge is 2.14. The van der Waals surface area contributed by atoms with Crippen LogP contribution >= 0.6 is 11.8 Å². The third-order valence-corrected chi connectivity index (χ3v) is 4.74. The number of hydrogen-bond acceptors (Lipinski definition) is 6. The van der Waals surface area contributed by atoms with Crippen LogP contribution in [0.2, 0.25) is 0 Å². The summed E-state index contributed by atoms with van der Waals surface area (Å²) in [7, 11) is 0. The van der Waals surface area contributed by atoms with Crippen molar-refractivity contribution in [3.05, 3.63) is 54.2 Å². The highest BCUT2D eigenvalue weighted by molar-refractivity contribution is 7.98. The molecule has 0 fully saturated rings. The van der Waals surface area contributed by atoms with E-state index in [-0.39, 0.29) is 31.2 Å². The number of fused-ring (bicyclic) bond motifs is 1. The summed E-state index contributed by atoms with van der Waals surface area (Å²) in [6, 6.07) is 14.6. The van der Waals surface area contributed by atoms with Gasteiger partial charge in [-0.15, -0.1) is 11.8 Å². The van der Waals surface area contributed by atoms with E-state index < -0.39 is 11.9 Å². The Morgan fingerprint density at radius 2 is 1.97 bits per heavy atom. The molecule has 0 atom stereocenters. The van der Waals surface area contributed by atoms with E-state index in [2.05, 4.69) is 20.8 Å². The second-order valence-electron chi connectivity index (χ2n) is 6.06. The van der Waals surface area contributed by atoms with Crippen molar-refractivity contribution in [2.75, 3.05) is 24.7 Å². The third kappa shape index (κ3) is 5.58. The number of rotatable bonds is 8. The minimum Gasteiger partial charge on any atom is -0.456 e. The number of thioether (sulfide) groups is 1. The molecule has 0 aliphatic heterocycles. The van der Waals surface area contributed by atoms with E-state index in [4.69, 9.17) is 4.74 Å². The van der Waals surface area contributed by atoms with Crippen LogP contribution in [-0.4, -0.2) is 47.4 Å². The predicted molar refractivity (Wildman–Crippen MR) is 111 cm³/mol. The molecule has 0 saturated carbocycles. The molecular formula is C20H20N4O4S. The Kier molecular flexibility index (Phi) is 6.85. The number of nitrogens with one attached hydrogen (secondary N) is 3. The third-order valence-electron chi connectivity index (χ3n) is 4.02. The van der Waals surface area contributed by atoms with E-state index in [0.29, 0.717) is 11.1 Å². The Morgan fingerprint density at radius 1 is 1.14 bits per heavy atom. The first-order valence-corrected chi connectivity index (χ1v) is 10.1. The van der Waals surface area contributed by atoms with Crippen LogP contribution in [0, 0.1) is 0 Å². The number of para-hydroxylation sites is 1. The predicted octanol–water partition coefficient (Wildman–Crippen LogP) is 2.59. The number of hydrogen-bond donors (Lipinski definition) is 3. The highest BCUT2D eigenvalue weighted by atomic mass is 32.2. The lowest BCUT2D eigenvalue weighted by Crippen LogP contribution is -2.28. The average Bonchev–Trinajstić information content (AvgIpc) is 3.16. The number of aromatic amines is 1. The SMILES string of the molecule is CSc1cccc(NC(=O)COC(=O)CCNC(=O)c2n[nH]c3ccccc23)c1. The van der Waals surface area contributed by atoms with Gasteiger partial charge in [-0.1, -0.05) is 24.3 Å². The zero-order valence-electron chi connectivity index (χ0n) is 15.7. The molecule has 2 aromatic carbocycles. The second-order valence-corrected chi connectivity index (χ2v) is 6.94. The Hall–Kier alpha value is -3.33. The van der Waals surface area contributed by atoms with Gasteiger partial charge in [0.1, 0.15) is 0 Å². The summed E-state index contributed by atoms with van der Waals surface area (Å²) in [5.74, 6) is -1.39. The number of anilines is 1. The molecule has 0 unspecified atom stereocenters. The summed E-state index contributed by atoms with van der Waals surface area (Å²) in [6.07, 6.45) is 1.89. The zero-order chi connectivity index (χ0) is 20.6. The Morgan fingerprint density at radius 3 is 2.79 bits per heavy atom. The molecule has 29 heavy (non-hydrogen) atoms. The molecule has 1 heterocycles. The van der Waals surface area contributed by atoms with Gasteiger partial charge in [0.05, 0.1) is 11.9 Å². The number of nitrogens with zero attached hydrogens (tertiary/aromatic N) is 1. The molecule has 3 rings (SSSR count). The fraction of sp³-hybridized carbons (Fsp3) is 0.200. The number of carbonyl (C=O) groups is 3. The maximum atomic E-state index is 12.2. The van der Waals surface area contributed by atoms with E-state index in [0.717, 1.165) is 10.4 Å². The van der Waals surface area contributed by atoms with Crippen molar-refractivity contribution in [3.8, 4) is 0 Å². The lowest BCUT2D eigenvalue weighted by Gasteiger charge is -2.08. The second kappa shape index (κ2) is 9.74. The monoisotopic (exact) mass is 412 g/mol. The van der Waals surface area contributed by atoms with Crippen LogP contribution < -0.4 is 10.6 Å². The van der Waals surface area contributed by atoms with Crippen molar-refractivity contribution < 1.29 is 19.1 Å². The number of H-pyrrole nitrogens is 1. The van der Waals surface area contributed by atoms with E-state index in [1.165, 1.54) is 0 Å². The topological polar surface area (TPSA) is 113 Å². The summed E-state index contributed by atoms with van der Waals surface area (Å²) < 4.78 is 4.95. The molecule has 0 aliphatic carbocycles. The summed E-state index contributed by atoms with van der Waals surface area (Å²) in [6.45, 7) is -0.309. The van der Waals surface area contributed by atoms with Crippen LogP contribution in [0.1, 0.15) is 16.9 Å². The van der Waals surface area contributed by atoms with E-state index in [1.54, 1.807) is 23.9 Å². The molecule has 3 N–H and O–H groups in total. The molecule has 0 saturated heterocycles. The fourth-order valence-electron chi connectivity index (χ4n) is 2.61. The van der Waals surface area contributed by atoms with Gasteiger partial charge in [-0.3, -0.25) is 19.5 Å². The van der Waals surface area contributed by atoms with Crippen LogP contribution in [-0.2, 0) is 14.3 Å². The molecule has 3 aromatic rings. The van der Waals surface area contributed by atoms with Gasteiger partial charge in [0.2, 0.25) is 0 Å². The largest absolute Gasteiger partial charge is 0.456 e. The van der Waals surface area contributed by atoms with Gasteiger partial charge in [-0.25, -0.2) is 0 Å². The Balaban J connectivity index is 1.39. The van der Waals surface area contributed by atoms with Crippen LogP contribution in [0.4, 0.5) is 5.69 Å². The first kappa shape index (κ1) is 20.4. The number of aromatic nitrogens is 2. The van der Waals surface area contributed by atoms with Crippen molar-refractivity contribution in [3.63, 3.8) is 0 Å². The number of carbonyl (C=O) groups excluding carboxylic acids is 3. The fourth-order valence-corrected chi connectivity index (χ4v) is 3.07. The molecule has 9 heteroatoms. The van der Waals surface area contributed by atoms with E-state index in [9.17, 15) is 14.4 Å². The quantitative estimate of drug-likeness (QED) is 0.387. The van der Waals surface area contributed by atoms with Gasteiger partial charge in [0.25, 0.3) is 11.8 Å². The Labute approximate surface area is 171 Å². The number of esters is 1. The standard InChI is InChI=1S/C20H20N4O4S/c1-29-14-6-4-5-13(11-14)22-17(25)12-28-18(26)9-10-21-20(27)19-15-7-2-3-8-16(15)23-24-19/h2-8,11H,9-10,12H2,1H3,(H,21,27)(H,22,25)(H,23,24). The van der Waals surface area contributed by atoms with Crippen molar-refractivity contribution in [1.29, 1.82) is 0 Å². The average molecular weight is 412 g/mol. The molecule has 2 amide bonds. The van der Waals surface area contributed by atoms with E-state index in [1.807, 2.05) is 42.7 Å². The van der Waals surface area contributed by atoms with Crippen LogP contribution in [0.5, 0.6) is 0 Å². The first-order valence-electron chi connectivity index (χ1n) is 8.87. The summed E-state index contributed by atoms with van der Waals surface area (Å²) in [4.78, 5) is 36.9. The van der Waals surface area contributed by atoms with Gasteiger partial charge in [0, 0.05) is 22.5 Å². The first-order chi connectivity index (χ1) is 14.1. The maximum absolute atomic E-state index is 12.2. The van der Waals surface area contributed by atoms with Gasteiger partial charge in [0.15, 0.2) is 12.3 Å². The number of benzene rings is 2. The molecule has 1 aromatic heterocycles. The summed E-state index contributed by atoms with van der Waals surface area (Å²) in [5.41, 5.74) is 1.66. The van der Waals surface area contributed by atoms with E-state index >= 15 is 0 Å². The van der Waals surface area contributed by atoms with Crippen LogP contribution in [0.3, 0.4) is 0 Å². The van der Waals surface area contributed by atoms with Crippen molar-refractivity contribution in [2.24, 2.45) is 0 Å². The van der Waals surface area contributed by atoms with Gasteiger partial charge >= 0.3 is 5.97 Å². The molecule has 150 valence electrons. The lowest BCUT2D eigenvalue weighted by molar-refractivity contribution is -0.147. The summed E-state index contributed by atoms with van der Waals surface area (Å²) >= 11 is 1.56. The van der Waals surface area contributed by atoms with Crippen molar-refractivity contribution in [1.82, 2.24) is 15.5 Å². The van der Waals surface area contributed by atoms with Gasteiger partial charge < -0.3 is 15.4 Å². The smallest absolute Gasteiger partial charge is 0.308 e. The Bertz CT molecular complexity index is 1030. The minimum absolute atomic E-state index is 0.0522. The molecule has 8 nitrogen and oxygen atoms in total. The molecule has 0 spiro atoms. The van der Waals surface area contributed by atoms with Crippen molar-refractivity contribution >= 4 is 46.1 Å².